The zero-order valence-corrected chi connectivity index (χ0v) is 11.1. The van der Waals surface area contributed by atoms with E-state index in [-0.39, 0.29) is 30.4 Å². The number of nitrogens with zero attached hydrogens (tertiary/aromatic N) is 1. The Bertz CT molecular complexity index is 292. The van der Waals surface area contributed by atoms with Crippen molar-refractivity contribution in [3.8, 4) is 0 Å². The normalized spacial score (nSPS) is 21.5. The van der Waals surface area contributed by atoms with Crippen molar-refractivity contribution in [3.05, 3.63) is 0 Å². The fraction of sp³-hybridized carbons (Fsp3) is 0.833. The number of hydrogen-bond donors (Lipinski definition) is 2. The standard InChI is InChI=1S/C12H23N3O3/c1-14-12(17)10-5-3-4-6-15(10)11(16)7-9(8-13)18-2/h9-10H,3-8,13H2,1-2H3,(H,14,17). The SMILES string of the molecule is CNC(=O)C1CCCCN1C(=O)CC(CN)OC. The minimum Gasteiger partial charge on any atom is -0.380 e. The molecule has 0 spiro atoms. The van der Waals surface area contributed by atoms with E-state index in [9.17, 15) is 9.59 Å². The van der Waals surface area contributed by atoms with Gasteiger partial charge < -0.3 is 20.7 Å². The molecule has 2 amide bonds. The minimum atomic E-state index is -0.341. The Morgan fingerprint density at radius 3 is 2.78 bits per heavy atom. The Morgan fingerprint density at radius 1 is 1.50 bits per heavy atom. The van der Waals surface area contributed by atoms with E-state index < -0.39 is 0 Å². The number of nitrogens with one attached hydrogen (secondary N) is 1. The van der Waals surface area contributed by atoms with Crippen LogP contribution in [0.4, 0.5) is 0 Å². The molecule has 2 atom stereocenters. The van der Waals surface area contributed by atoms with Gasteiger partial charge in [-0.05, 0) is 19.3 Å². The molecule has 104 valence electrons. The van der Waals surface area contributed by atoms with Crippen LogP contribution in [0.25, 0.3) is 0 Å². The predicted molar refractivity (Wildman–Crippen MR) is 67.9 cm³/mol. The van der Waals surface area contributed by atoms with Crippen LogP contribution in [0.1, 0.15) is 25.7 Å². The summed E-state index contributed by atoms with van der Waals surface area (Å²) in [4.78, 5) is 25.6. The van der Waals surface area contributed by atoms with Gasteiger partial charge in [-0.1, -0.05) is 0 Å². The van der Waals surface area contributed by atoms with Crippen LogP contribution in [0, 0.1) is 0 Å². The largest absolute Gasteiger partial charge is 0.380 e. The number of ether oxygens (including phenoxy) is 1. The van der Waals surface area contributed by atoms with E-state index in [4.69, 9.17) is 10.5 Å². The lowest BCUT2D eigenvalue weighted by atomic mass is 10.0. The minimum absolute atomic E-state index is 0.0550. The van der Waals surface area contributed by atoms with Crippen LogP contribution in [0.2, 0.25) is 0 Å². The lowest BCUT2D eigenvalue weighted by Crippen LogP contribution is -2.52. The van der Waals surface area contributed by atoms with E-state index >= 15 is 0 Å². The van der Waals surface area contributed by atoms with Gasteiger partial charge in [0.2, 0.25) is 11.8 Å². The number of carbonyl (C=O) groups excluding carboxylic acids is 2. The number of piperidine rings is 1. The van der Waals surface area contributed by atoms with Crippen LogP contribution in [-0.4, -0.2) is 56.1 Å². The second kappa shape index (κ2) is 7.33. The first-order valence-corrected chi connectivity index (χ1v) is 6.38. The molecule has 1 fully saturated rings. The maximum atomic E-state index is 12.2. The third kappa shape index (κ3) is 3.68. The van der Waals surface area contributed by atoms with E-state index in [2.05, 4.69) is 5.32 Å². The van der Waals surface area contributed by atoms with Crippen molar-refractivity contribution in [1.82, 2.24) is 10.2 Å². The molecule has 3 N–H and O–H groups in total. The van der Waals surface area contributed by atoms with E-state index in [1.165, 1.54) is 7.11 Å². The number of likely N-dealkylation sites (tertiary alicyclic amines) is 1. The van der Waals surface area contributed by atoms with Crippen LogP contribution in [0.15, 0.2) is 0 Å². The quantitative estimate of drug-likeness (QED) is 0.694. The molecule has 2 unspecified atom stereocenters. The molecule has 6 heteroatoms. The molecule has 0 aromatic carbocycles. The molecule has 0 saturated carbocycles. The summed E-state index contributed by atoms with van der Waals surface area (Å²) in [7, 11) is 3.13. The second-order valence-electron chi connectivity index (χ2n) is 4.51. The average molecular weight is 257 g/mol. The first-order chi connectivity index (χ1) is 8.63. The molecule has 1 aliphatic heterocycles. The third-order valence-electron chi connectivity index (χ3n) is 3.37. The van der Waals surface area contributed by atoms with Gasteiger partial charge in [-0.2, -0.15) is 0 Å². The molecule has 0 aromatic rings. The van der Waals surface area contributed by atoms with Crippen LogP contribution >= 0.6 is 0 Å². The van der Waals surface area contributed by atoms with Crippen LogP contribution < -0.4 is 11.1 Å². The van der Waals surface area contributed by atoms with Crippen molar-refractivity contribution in [2.45, 2.75) is 37.8 Å². The van der Waals surface area contributed by atoms with E-state index in [0.717, 1.165) is 19.3 Å². The van der Waals surface area contributed by atoms with Crippen molar-refractivity contribution in [3.63, 3.8) is 0 Å². The van der Waals surface area contributed by atoms with E-state index in [1.807, 2.05) is 0 Å². The topological polar surface area (TPSA) is 84.7 Å². The highest BCUT2D eigenvalue weighted by atomic mass is 16.5. The molecule has 1 rings (SSSR count). The van der Waals surface area contributed by atoms with Gasteiger partial charge in [0.1, 0.15) is 6.04 Å². The zero-order valence-electron chi connectivity index (χ0n) is 11.1. The summed E-state index contributed by atoms with van der Waals surface area (Å²) >= 11 is 0. The summed E-state index contributed by atoms with van der Waals surface area (Å²) in [6, 6.07) is -0.341. The van der Waals surface area contributed by atoms with Crippen molar-refractivity contribution >= 4 is 11.8 Å². The van der Waals surface area contributed by atoms with Gasteiger partial charge in [0.15, 0.2) is 0 Å². The van der Waals surface area contributed by atoms with Crippen molar-refractivity contribution in [2.24, 2.45) is 5.73 Å². The number of rotatable bonds is 5. The predicted octanol–water partition coefficient (Wildman–Crippen LogP) is -0.523. The van der Waals surface area contributed by atoms with Gasteiger partial charge in [-0.25, -0.2) is 0 Å². The highest BCUT2D eigenvalue weighted by Crippen LogP contribution is 2.18. The fourth-order valence-electron chi connectivity index (χ4n) is 2.24. The lowest BCUT2D eigenvalue weighted by Gasteiger charge is -2.35. The third-order valence-corrected chi connectivity index (χ3v) is 3.37. The summed E-state index contributed by atoms with van der Waals surface area (Å²) in [6.07, 6.45) is 2.61. The Morgan fingerprint density at radius 2 is 2.22 bits per heavy atom. The highest BCUT2D eigenvalue weighted by Gasteiger charge is 2.32. The van der Waals surface area contributed by atoms with E-state index in [0.29, 0.717) is 13.1 Å². The average Bonchev–Trinajstić information content (AvgIpc) is 2.43. The first kappa shape index (κ1) is 14.9. The monoisotopic (exact) mass is 257 g/mol. The van der Waals surface area contributed by atoms with Gasteiger partial charge in [-0.3, -0.25) is 9.59 Å². The van der Waals surface area contributed by atoms with Gasteiger partial charge in [0.25, 0.3) is 0 Å². The molecule has 0 radical (unpaired) electrons. The van der Waals surface area contributed by atoms with Crippen molar-refractivity contribution in [1.29, 1.82) is 0 Å². The number of likely N-dealkylation sites (N-methyl/N-ethyl adjacent to an activating group) is 1. The fourth-order valence-corrected chi connectivity index (χ4v) is 2.24. The smallest absolute Gasteiger partial charge is 0.242 e. The highest BCUT2D eigenvalue weighted by molar-refractivity contribution is 5.87. The molecule has 1 heterocycles. The number of hydrogen-bond acceptors (Lipinski definition) is 4. The zero-order chi connectivity index (χ0) is 13.5. The number of carbonyl (C=O) groups is 2. The first-order valence-electron chi connectivity index (χ1n) is 6.38. The van der Waals surface area contributed by atoms with Gasteiger partial charge in [0.05, 0.1) is 12.5 Å². The molecule has 0 bridgehead atoms. The Balaban J connectivity index is 2.65. The molecule has 1 saturated heterocycles. The van der Waals surface area contributed by atoms with Crippen molar-refractivity contribution in [2.75, 3.05) is 27.2 Å². The molecule has 6 nitrogen and oxygen atoms in total. The van der Waals surface area contributed by atoms with Gasteiger partial charge in [-0.15, -0.1) is 0 Å². The number of nitrogens with two attached hydrogens (primary N) is 1. The molecule has 0 aromatic heterocycles. The molecule has 0 aliphatic carbocycles. The number of methoxy groups -OCH3 is 1. The summed E-state index contributed by atoms with van der Waals surface area (Å²) < 4.78 is 5.11. The molecular weight excluding hydrogens is 234 g/mol. The molecule has 18 heavy (non-hydrogen) atoms. The Hall–Kier alpha value is -1.14. The molecular formula is C12H23N3O3. The maximum absolute atomic E-state index is 12.2. The van der Waals surface area contributed by atoms with E-state index in [1.54, 1.807) is 11.9 Å². The lowest BCUT2D eigenvalue weighted by molar-refractivity contribution is -0.143. The molecule has 1 aliphatic rings. The van der Waals surface area contributed by atoms with Crippen molar-refractivity contribution < 1.29 is 14.3 Å². The van der Waals surface area contributed by atoms with Crippen LogP contribution in [0.5, 0.6) is 0 Å². The summed E-state index contributed by atoms with van der Waals surface area (Å²) in [6.45, 7) is 0.943. The summed E-state index contributed by atoms with van der Waals surface area (Å²) in [5.41, 5.74) is 5.51. The van der Waals surface area contributed by atoms with Gasteiger partial charge >= 0.3 is 0 Å². The van der Waals surface area contributed by atoms with Crippen LogP contribution in [-0.2, 0) is 14.3 Å². The number of amides is 2. The summed E-state index contributed by atoms with van der Waals surface area (Å²) in [5.74, 6) is -0.148. The summed E-state index contributed by atoms with van der Waals surface area (Å²) in [5, 5.41) is 2.61. The van der Waals surface area contributed by atoms with Crippen LogP contribution in [0.3, 0.4) is 0 Å². The second-order valence-corrected chi connectivity index (χ2v) is 4.51. The Kier molecular flexibility index (Phi) is 6.07. The Labute approximate surface area is 108 Å². The maximum Gasteiger partial charge on any atom is 0.242 e. The van der Waals surface area contributed by atoms with Gasteiger partial charge in [0, 0.05) is 27.2 Å².